The first-order valence-corrected chi connectivity index (χ1v) is 5.98. The zero-order chi connectivity index (χ0) is 13.3. The number of hydrogen-bond donors (Lipinski definition) is 2. The highest BCUT2D eigenvalue weighted by molar-refractivity contribution is 5.93. The number of rotatable bonds is 3. The number of carboxylic acid groups (broad SMARTS) is 1. The third kappa shape index (κ3) is 1.79. The fraction of sp³-hybridized carbons (Fsp3) is 0.286. The van der Waals surface area contributed by atoms with Crippen LogP contribution < -0.4 is 5.36 Å². The van der Waals surface area contributed by atoms with Crippen molar-refractivity contribution in [1.29, 1.82) is 5.41 Å². The second kappa shape index (κ2) is 4.64. The van der Waals surface area contributed by atoms with Crippen molar-refractivity contribution in [3.8, 4) is 0 Å². The Morgan fingerprint density at radius 3 is 2.67 bits per heavy atom. The van der Waals surface area contributed by atoms with E-state index >= 15 is 0 Å². The van der Waals surface area contributed by atoms with E-state index in [-0.39, 0.29) is 10.9 Å². The molecule has 18 heavy (non-hydrogen) atoms. The minimum atomic E-state index is -1.03. The number of aryl methyl sites for hydroxylation is 1. The standard InChI is InChI=1S/C14H16N2O2/c1-3-8-16-9(2)12(14(17)18)13(15)10-6-4-5-7-11(10)16/h4-7,15H,3,8H2,1-2H3,(H,17,18). The van der Waals surface area contributed by atoms with Crippen LogP contribution in [-0.2, 0) is 6.54 Å². The van der Waals surface area contributed by atoms with Crippen LogP contribution in [0.5, 0.6) is 0 Å². The van der Waals surface area contributed by atoms with E-state index in [4.69, 9.17) is 5.41 Å². The van der Waals surface area contributed by atoms with Crippen LogP contribution in [-0.4, -0.2) is 15.6 Å². The predicted octanol–water partition coefficient (Wildman–Crippen LogP) is 2.54. The van der Waals surface area contributed by atoms with Crippen molar-refractivity contribution < 1.29 is 9.90 Å². The van der Waals surface area contributed by atoms with Crippen molar-refractivity contribution in [2.75, 3.05) is 0 Å². The van der Waals surface area contributed by atoms with Gasteiger partial charge in [0.1, 0.15) is 5.56 Å². The van der Waals surface area contributed by atoms with Gasteiger partial charge in [-0.2, -0.15) is 0 Å². The van der Waals surface area contributed by atoms with Crippen LogP contribution in [0.4, 0.5) is 0 Å². The van der Waals surface area contributed by atoms with Crippen molar-refractivity contribution in [3.05, 3.63) is 40.9 Å². The lowest BCUT2D eigenvalue weighted by Crippen LogP contribution is -2.22. The summed E-state index contributed by atoms with van der Waals surface area (Å²) in [5.74, 6) is -1.03. The van der Waals surface area contributed by atoms with Gasteiger partial charge in [-0.3, -0.25) is 5.41 Å². The van der Waals surface area contributed by atoms with E-state index in [0.29, 0.717) is 11.1 Å². The van der Waals surface area contributed by atoms with Crippen molar-refractivity contribution in [1.82, 2.24) is 4.57 Å². The van der Waals surface area contributed by atoms with Gasteiger partial charge in [0.2, 0.25) is 0 Å². The molecule has 94 valence electrons. The quantitative estimate of drug-likeness (QED) is 0.871. The monoisotopic (exact) mass is 244 g/mol. The smallest absolute Gasteiger partial charge is 0.339 e. The molecule has 0 saturated carbocycles. The molecule has 0 saturated heterocycles. The molecule has 2 aromatic rings. The molecule has 0 atom stereocenters. The van der Waals surface area contributed by atoms with E-state index in [0.717, 1.165) is 18.5 Å². The number of nitrogens with one attached hydrogen (secondary N) is 1. The van der Waals surface area contributed by atoms with Gasteiger partial charge in [-0.05, 0) is 19.4 Å². The molecule has 0 unspecified atom stereocenters. The van der Waals surface area contributed by atoms with E-state index in [1.54, 1.807) is 13.0 Å². The molecule has 2 rings (SSSR count). The van der Waals surface area contributed by atoms with Gasteiger partial charge in [-0.15, -0.1) is 0 Å². The third-order valence-electron chi connectivity index (χ3n) is 3.14. The minimum Gasteiger partial charge on any atom is -0.478 e. The maximum atomic E-state index is 11.3. The van der Waals surface area contributed by atoms with Gasteiger partial charge in [0.25, 0.3) is 0 Å². The van der Waals surface area contributed by atoms with Crippen molar-refractivity contribution in [3.63, 3.8) is 0 Å². The number of para-hydroxylation sites is 1. The molecule has 1 aromatic heterocycles. The average molecular weight is 244 g/mol. The van der Waals surface area contributed by atoms with Gasteiger partial charge >= 0.3 is 5.97 Å². The molecular weight excluding hydrogens is 228 g/mol. The number of carboxylic acids is 1. The third-order valence-corrected chi connectivity index (χ3v) is 3.14. The molecule has 0 amide bonds. The van der Waals surface area contributed by atoms with E-state index < -0.39 is 5.97 Å². The van der Waals surface area contributed by atoms with Crippen LogP contribution >= 0.6 is 0 Å². The first-order chi connectivity index (χ1) is 8.57. The van der Waals surface area contributed by atoms with E-state index in [1.807, 2.05) is 22.8 Å². The molecule has 1 heterocycles. The number of benzene rings is 1. The second-order valence-electron chi connectivity index (χ2n) is 4.31. The number of carbonyl (C=O) groups is 1. The van der Waals surface area contributed by atoms with Crippen LogP contribution in [0, 0.1) is 12.3 Å². The molecule has 0 radical (unpaired) electrons. The van der Waals surface area contributed by atoms with Gasteiger partial charge < -0.3 is 9.67 Å². The van der Waals surface area contributed by atoms with Gasteiger partial charge in [0.05, 0.1) is 10.9 Å². The molecule has 0 aliphatic heterocycles. The zero-order valence-corrected chi connectivity index (χ0v) is 10.5. The molecule has 1 aromatic carbocycles. The zero-order valence-electron chi connectivity index (χ0n) is 10.5. The molecule has 0 fully saturated rings. The maximum Gasteiger partial charge on any atom is 0.339 e. The first kappa shape index (κ1) is 12.4. The molecule has 4 heteroatoms. The molecule has 0 bridgehead atoms. The lowest BCUT2D eigenvalue weighted by atomic mass is 10.1. The fourth-order valence-corrected chi connectivity index (χ4v) is 2.33. The Kier molecular flexibility index (Phi) is 3.19. The van der Waals surface area contributed by atoms with Crippen molar-refractivity contribution in [2.45, 2.75) is 26.8 Å². The SMILES string of the molecule is CCCn1c(C)c(C(=O)O)c(=N)c2ccccc21. The lowest BCUT2D eigenvalue weighted by molar-refractivity contribution is 0.0693. The molecule has 0 aliphatic carbocycles. The molecular formula is C14H16N2O2. The molecule has 2 N–H and O–H groups in total. The Hall–Kier alpha value is -2.10. The second-order valence-corrected chi connectivity index (χ2v) is 4.31. The van der Waals surface area contributed by atoms with E-state index in [2.05, 4.69) is 6.92 Å². The minimum absolute atomic E-state index is 0.0992. The number of aromatic nitrogens is 1. The normalized spacial score (nSPS) is 10.8. The van der Waals surface area contributed by atoms with Gasteiger partial charge in [0.15, 0.2) is 0 Å². The summed E-state index contributed by atoms with van der Waals surface area (Å²) in [6.45, 7) is 4.58. The van der Waals surface area contributed by atoms with E-state index in [1.165, 1.54) is 0 Å². The molecule has 4 nitrogen and oxygen atoms in total. The number of aromatic carboxylic acids is 1. The summed E-state index contributed by atoms with van der Waals surface area (Å²) in [5, 5.41) is 18.1. The van der Waals surface area contributed by atoms with Crippen LogP contribution in [0.2, 0.25) is 0 Å². The van der Waals surface area contributed by atoms with Crippen molar-refractivity contribution >= 4 is 16.9 Å². The summed E-state index contributed by atoms with van der Waals surface area (Å²) >= 11 is 0. The lowest BCUT2D eigenvalue weighted by Gasteiger charge is -2.16. The Morgan fingerprint density at radius 2 is 2.06 bits per heavy atom. The predicted molar refractivity (Wildman–Crippen MR) is 69.8 cm³/mol. The highest BCUT2D eigenvalue weighted by Gasteiger charge is 2.16. The number of hydrogen-bond acceptors (Lipinski definition) is 2. The Bertz CT molecular complexity index is 671. The molecule has 0 aliphatic rings. The number of fused-ring (bicyclic) bond motifs is 1. The fourth-order valence-electron chi connectivity index (χ4n) is 2.33. The average Bonchev–Trinajstić information content (AvgIpc) is 2.34. The summed E-state index contributed by atoms with van der Waals surface area (Å²) in [5.41, 5.74) is 1.67. The topological polar surface area (TPSA) is 66.1 Å². The first-order valence-electron chi connectivity index (χ1n) is 5.98. The van der Waals surface area contributed by atoms with Crippen LogP contribution in [0.25, 0.3) is 10.9 Å². The van der Waals surface area contributed by atoms with Crippen LogP contribution in [0.15, 0.2) is 24.3 Å². The number of nitrogens with zero attached hydrogens (tertiary/aromatic N) is 1. The summed E-state index contributed by atoms with van der Waals surface area (Å²) in [7, 11) is 0. The summed E-state index contributed by atoms with van der Waals surface area (Å²) in [6.07, 6.45) is 0.923. The number of pyridine rings is 1. The Morgan fingerprint density at radius 1 is 1.39 bits per heavy atom. The largest absolute Gasteiger partial charge is 0.478 e. The van der Waals surface area contributed by atoms with E-state index in [9.17, 15) is 9.90 Å². The Balaban J connectivity index is 2.96. The highest BCUT2D eigenvalue weighted by atomic mass is 16.4. The summed E-state index contributed by atoms with van der Waals surface area (Å²) < 4.78 is 1.98. The van der Waals surface area contributed by atoms with Crippen molar-refractivity contribution in [2.24, 2.45) is 0 Å². The Labute approximate surface area is 105 Å². The van der Waals surface area contributed by atoms with Gasteiger partial charge in [-0.25, -0.2) is 4.79 Å². The molecule has 0 spiro atoms. The highest BCUT2D eigenvalue weighted by Crippen LogP contribution is 2.16. The summed E-state index contributed by atoms with van der Waals surface area (Å²) in [6, 6.07) is 7.48. The summed E-state index contributed by atoms with van der Waals surface area (Å²) in [4.78, 5) is 11.3. The van der Waals surface area contributed by atoms with Gasteiger partial charge in [-0.1, -0.05) is 25.1 Å². The maximum absolute atomic E-state index is 11.3. The van der Waals surface area contributed by atoms with Crippen LogP contribution in [0.3, 0.4) is 0 Å². The van der Waals surface area contributed by atoms with Crippen LogP contribution in [0.1, 0.15) is 29.4 Å². The van der Waals surface area contributed by atoms with Gasteiger partial charge in [0, 0.05) is 17.6 Å².